The quantitative estimate of drug-likeness (QED) is 0.888. The van der Waals surface area contributed by atoms with Gasteiger partial charge in [-0.1, -0.05) is 63.1 Å². The van der Waals surface area contributed by atoms with Gasteiger partial charge in [-0.25, -0.2) is 4.98 Å². The third-order valence-electron chi connectivity index (χ3n) is 4.07. The van der Waals surface area contributed by atoms with Crippen molar-refractivity contribution in [2.24, 2.45) is 5.73 Å². The van der Waals surface area contributed by atoms with Crippen molar-refractivity contribution >= 4 is 11.8 Å². The molecule has 1 aromatic rings. The van der Waals surface area contributed by atoms with Crippen molar-refractivity contribution in [2.75, 3.05) is 0 Å². The van der Waals surface area contributed by atoms with E-state index in [4.69, 9.17) is 5.73 Å². The van der Waals surface area contributed by atoms with Gasteiger partial charge in [-0.15, -0.1) is 0 Å². The Morgan fingerprint density at radius 1 is 0.900 bits per heavy atom. The average molecular weight is 293 g/mol. The van der Waals surface area contributed by atoms with Crippen LogP contribution in [-0.2, 0) is 0 Å². The zero-order valence-corrected chi connectivity index (χ0v) is 13.2. The zero-order chi connectivity index (χ0) is 14.0. The number of aromatic nitrogens is 2. The maximum atomic E-state index is 6.44. The summed E-state index contributed by atoms with van der Waals surface area (Å²) in [7, 11) is 0. The lowest BCUT2D eigenvalue weighted by molar-refractivity contribution is 0.473. The van der Waals surface area contributed by atoms with Crippen LogP contribution in [0.15, 0.2) is 23.6 Å². The molecular weight excluding hydrogens is 266 g/mol. The monoisotopic (exact) mass is 293 g/mol. The Morgan fingerprint density at radius 3 is 2.20 bits per heavy atom. The number of hydrogen-bond donors (Lipinski definition) is 1. The van der Waals surface area contributed by atoms with Crippen molar-refractivity contribution < 1.29 is 0 Å². The summed E-state index contributed by atoms with van der Waals surface area (Å²) in [5, 5.41) is 1.51. The fourth-order valence-electron chi connectivity index (χ4n) is 2.83. The van der Waals surface area contributed by atoms with Crippen molar-refractivity contribution in [1.82, 2.24) is 9.97 Å². The number of thioether (sulfide) groups is 1. The van der Waals surface area contributed by atoms with Crippen molar-refractivity contribution in [3.8, 4) is 0 Å². The standard InChI is InChI=1S/C16H27N3S/c17-14-9-7-5-3-1-2-4-6-8-10-15(14)20-16-13-18-11-12-19-16/h11-15H,1-10,17H2. The van der Waals surface area contributed by atoms with E-state index in [1.165, 1.54) is 57.8 Å². The number of nitrogens with zero attached hydrogens (tertiary/aromatic N) is 2. The normalized spacial score (nSPS) is 26.4. The molecule has 0 bridgehead atoms. The number of hydrogen-bond acceptors (Lipinski definition) is 4. The van der Waals surface area contributed by atoms with Gasteiger partial charge in [-0.3, -0.25) is 4.98 Å². The lowest BCUT2D eigenvalue weighted by Crippen LogP contribution is -2.32. The Bertz CT molecular complexity index is 358. The second-order valence-corrected chi connectivity index (χ2v) is 7.03. The highest BCUT2D eigenvalue weighted by molar-refractivity contribution is 7.99. The molecule has 2 atom stereocenters. The molecule has 112 valence electrons. The molecule has 0 aliphatic heterocycles. The van der Waals surface area contributed by atoms with Gasteiger partial charge in [-0.05, 0) is 12.8 Å². The Hall–Kier alpha value is -0.610. The number of rotatable bonds is 2. The number of nitrogens with two attached hydrogens (primary N) is 1. The topological polar surface area (TPSA) is 51.8 Å². The van der Waals surface area contributed by atoms with Crippen LogP contribution in [0.4, 0.5) is 0 Å². The van der Waals surface area contributed by atoms with E-state index >= 15 is 0 Å². The second kappa shape index (κ2) is 9.35. The molecule has 0 amide bonds. The minimum atomic E-state index is 0.293. The fraction of sp³-hybridized carbons (Fsp3) is 0.750. The van der Waals surface area contributed by atoms with Gasteiger partial charge in [-0.2, -0.15) is 0 Å². The molecule has 0 saturated heterocycles. The summed E-state index contributed by atoms with van der Waals surface area (Å²) in [6.45, 7) is 0. The summed E-state index contributed by atoms with van der Waals surface area (Å²) in [4.78, 5) is 8.54. The first-order valence-electron chi connectivity index (χ1n) is 8.04. The Morgan fingerprint density at radius 2 is 1.55 bits per heavy atom. The van der Waals surface area contributed by atoms with Crippen LogP contribution >= 0.6 is 11.8 Å². The largest absolute Gasteiger partial charge is 0.327 e. The molecular formula is C16H27N3S. The molecule has 0 aromatic carbocycles. The van der Waals surface area contributed by atoms with Crippen LogP contribution < -0.4 is 5.73 Å². The maximum Gasteiger partial charge on any atom is 0.115 e. The highest BCUT2D eigenvalue weighted by Gasteiger charge is 2.19. The minimum absolute atomic E-state index is 0.293. The Balaban J connectivity index is 1.90. The van der Waals surface area contributed by atoms with Crippen LogP contribution in [0.1, 0.15) is 64.2 Å². The van der Waals surface area contributed by atoms with Gasteiger partial charge in [0.05, 0.1) is 6.20 Å². The van der Waals surface area contributed by atoms with Crippen LogP contribution in [0.5, 0.6) is 0 Å². The fourth-order valence-corrected chi connectivity index (χ4v) is 3.98. The van der Waals surface area contributed by atoms with E-state index in [0.717, 1.165) is 11.4 Å². The molecule has 3 nitrogen and oxygen atoms in total. The lowest BCUT2D eigenvalue weighted by Gasteiger charge is -2.23. The summed E-state index contributed by atoms with van der Waals surface area (Å²) < 4.78 is 0. The predicted molar refractivity (Wildman–Crippen MR) is 85.8 cm³/mol. The molecule has 2 N–H and O–H groups in total. The third-order valence-corrected chi connectivity index (χ3v) is 5.41. The van der Waals surface area contributed by atoms with Gasteiger partial charge < -0.3 is 5.73 Å². The van der Waals surface area contributed by atoms with E-state index in [0.29, 0.717) is 11.3 Å². The molecule has 0 radical (unpaired) electrons. The molecule has 1 aliphatic carbocycles. The summed E-state index contributed by atoms with van der Waals surface area (Å²) in [5.74, 6) is 0. The first kappa shape index (κ1) is 15.8. The average Bonchev–Trinajstić information content (AvgIpc) is 2.47. The highest BCUT2D eigenvalue weighted by atomic mass is 32.2. The molecule has 0 spiro atoms. The van der Waals surface area contributed by atoms with Gasteiger partial charge >= 0.3 is 0 Å². The molecule has 1 heterocycles. The van der Waals surface area contributed by atoms with Crippen LogP contribution in [0.25, 0.3) is 0 Å². The smallest absolute Gasteiger partial charge is 0.115 e. The van der Waals surface area contributed by atoms with E-state index in [9.17, 15) is 0 Å². The first-order chi connectivity index (χ1) is 9.86. The van der Waals surface area contributed by atoms with Crippen molar-refractivity contribution in [1.29, 1.82) is 0 Å². The van der Waals surface area contributed by atoms with Crippen LogP contribution in [0.2, 0.25) is 0 Å². The van der Waals surface area contributed by atoms with Crippen LogP contribution in [0, 0.1) is 0 Å². The van der Waals surface area contributed by atoms with E-state index in [1.807, 2.05) is 18.0 Å². The first-order valence-corrected chi connectivity index (χ1v) is 8.92. The molecule has 1 saturated carbocycles. The van der Waals surface area contributed by atoms with E-state index in [1.54, 1.807) is 12.4 Å². The van der Waals surface area contributed by atoms with E-state index in [2.05, 4.69) is 9.97 Å². The van der Waals surface area contributed by atoms with Crippen molar-refractivity contribution in [2.45, 2.75) is 80.5 Å². The molecule has 4 heteroatoms. The molecule has 1 aliphatic rings. The third kappa shape index (κ3) is 5.80. The highest BCUT2D eigenvalue weighted by Crippen LogP contribution is 2.29. The summed E-state index contributed by atoms with van der Waals surface area (Å²) in [5.41, 5.74) is 6.44. The van der Waals surface area contributed by atoms with E-state index < -0.39 is 0 Å². The molecule has 1 fully saturated rings. The minimum Gasteiger partial charge on any atom is -0.327 e. The summed E-state index contributed by atoms with van der Waals surface area (Å²) in [6, 6.07) is 0.293. The molecule has 1 aromatic heterocycles. The molecule has 20 heavy (non-hydrogen) atoms. The molecule has 2 unspecified atom stereocenters. The van der Waals surface area contributed by atoms with Crippen LogP contribution in [-0.4, -0.2) is 21.3 Å². The predicted octanol–water partition coefficient (Wildman–Crippen LogP) is 4.18. The lowest BCUT2D eigenvalue weighted by atomic mass is 9.98. The van der Waals surface area contributed by atoms with Crippen molar-refractivity contribution in [3.63, 3.8) is 0 Å². The summed E-state index contributed by atoms with van der Waals surface area (Å²) in [6.07, 6.45) is 18.6. The van der Waals surface area contributed by atoms with Gasteiger partial charge in [0.1, 0.15) is 5.03 Å². The zero-order valence-electron chi connectivity index (χ0n) is 12.3. The van der Waals surface area contributed by atoms with Gasteiger partial charge in [0.2, 0.25) is 0 Å². The Labute approximate surface area is 127 Å². The second-order valence-electron chi connectivity index (χ2n) is 5.77. The molecule has 2 rings (SSSR count). The van der Waals surface area contributed by atoms with Crippen LogP contribution in [0.3, 0.4) is 0 Å². The van der Waals surface area contributed by atoms with Gasteiger partial charge in [0.25, 0.3) is 0 Å². The van der Waals surface area contributed by atoms with Gasteiger partial charge in [0, 0.05) is 23.7 Å². The van der Waals surface area contributed by atoms with Gasteiger partial charge in [0.15, 0.2) is 0 Å². The van der Waals surface area contributed by atoms with Crippen molar-refractivity contribution in [3.05, 3.63) is 18.6 Å². The van der Waals surface area contributed by atoms with E-state index in [-0.39, 0.29) is 0 Å². The SMILES string of the molecule is NC1CCCCCCCCCCC1Sc1cnccn1. The maximum absolute atomic E-state index is 6.44. The Kier molecular flexibility index (Phi) is 7.37. The summed E-state index contributed by atoms with van der Waals surface area (Å²) >= 11 is 1.82.